The van der Waals surface area contributed by atoms with Gasteiger partial charge in [0, 0.05) is 30.6 Å². The normalized spacial score (nSPS) is 27.9. The third kappa shape index (κ3) is 4.67. The van der Waals surface area contributed by atoms with Crippen molar-refractivity contribution in [2.24, 2.45) is 10.3 Å². The van der Waals surface area contributed by atoms with Gasteiger partial charge in [0.25, 0.3) is 15.9 Å². The molecule has 10 nitrogen and oxygen atoms in total. The zero-order chi connectivity index (χ0) is 27.6. The molecule has 0 spiro atoms. The number of carbonyl (C=O) groups excluding carboxylic acids is 1. The van der Waals surface area contributed by atoms with Crippen LogP contribution in [0.25, 0.3) is 0 Å². The molecule has 0 radical (unpaired) electrons. The third-order valence-electron chi connectivity index (χ3n) is 6.89. The standard InChI is InChI=1S/C22H23F3N4O6S3/c1-37(32,33)26-8-12-10-36-20-17(12)38(34,35)28-19(27-20)15-16(30)13-5-2-6-14(13)29(21(15)31)9-11-4-3-7-22(24,25)18(11)23/h3-4,7,10,13-14,18,26,30H,2,5-6,8-9H2,1H3,(H,27,28)/t13-,14+,18?/m1/s1. The Morgan fingerprint density at radius 2 is 2.08 bits per heavy atom. The van der Waals surface area contributed by atoms with Crippen LogP contribution in [0, 0.1) is 5.92 Å². The summed E-state index contributed by atoms with van der Waals surface area (Å²) in [6.07, 6.45) is 2.44. The molecule has 206 valence electrons. The maximum absolute atomic E-state index is 14.6. The Morgan fingerprint density at radius 3 is 2.79 bits per heavy atom. The van der Waals surface area contributed by atoms with E-state index in [1.807, 2.05) is 0 Å². The number of aliphatic hydroxyl groups excluding tert-OH is 1. The van der Waals surface area contributed by atoms with Crippen LogP contribution in [0.1, 0.15) is 24.8 Å². The van der Waals surface area contributed by atoms with E-state index in [0.717, 1.165) is 23.7 Å². The van der Waals surface area contributed by atoms with Crippen LogP contribution in [0.2, 0.25) is 0 Å². The van der Waals surface area contributed by atoms with E-state index in [0.29, 0.717) is 25.3 Å². The average Bonchev–Trinajstić information content (AvgIpc) is 3.45. The summed E-state index contributed by atoms with van der Waals surface area (Å²) in [5, 5.41) is 15.3. The van der Waals surface area contributed by atoms with E-state index in [-0.39, 0.29) is 33.3 Å². The zero-order valence-corrected chi connectivity index (χ0v) is 22.3. The van der Waals surface area contributed by atoms with Crippen molar-refractivity contribution < 1.29 is 39.9 Å². The highest BCUT2D eigenvalue weighted by molar-refractivity contribution is 7.91. The minimum atomic E-state index is -4.43. The number of amides is 1. The highest BCUT2D eigenvalue weighted by Crippen LogP contribution is 2.43. The first-order valence-corrected chi connectivity index (χ1v) is 15.7. The van der Waals surface area contributed by atoms with Gasteiger partial charge in [-0.25, -0.2) is 17.5 Å². The first-order valence-electron chi connectivity index (χ1n) is 11.5. The number of sulfonamides is 2. The maximum Gasteiger partial charge on any atom is 0.301 e. The van der Waals surface area contributed by atoms with Crippen molar-refractivity contribution in [2.45, 2.75) is 48.8 Å². The second-order valence-electron chi connectivity index (χ2n) is 9.49. The highest BCUT2D eigenvalue weighted by Gasteiger charge is 2.49. The lowest BCUT2D eigenvalue weighted by Gasteiger charge is -2.40. The summed E-state index contributed by atoms with van der Waals surface area (Å²) in [5.41, 5.74) is -0.601. The van der Waals surface area contributed by atoms with Gasteiger partial charge in [-0.2, -0.15) is 17.2 Å². The Bertz CT molecular complexity index is 1550. The molecule has 0 saturated heterocycles. The van der Waals surface area contributed by atoms with E-state index in [9.17, 15) is 39.9 Å². The molecular weight excluding hydrogens is 569 g/mol. The molecule has 1 amide bonds. The fourth-order valence-electron chi connectivity index (χ4n) is 5.17. The van der Waals surface area contributed by atoms with Crippen molar-refractivity contribution in [3.63, 3.8) is 0 Å². The number of hydrogen-bond donors (Lipinski definition) is 3. The Kier molecular flexibility index (Phi) is 6.52. The molecule has 1 saturated carbocycles. The van der Waals surface area contributed by atoms with Crippen LogP contribution in [0.3, 0.4) is 0 Å². The molecule has 2 aliphatic carbocycles. The third-order valence-corrected chi connectivity index (χ3v) is 10.0. The lowest BCUT2D eigenvalue weighted by Crippen LogP contribution is -2.52. The van der Waals surface area contributed by atoms with Gasteiger partial charge in [0.2, 0.25) is 10.0 Å². The lowest BCUT2D eigenvalue weighted by molar-refractivity contribution is -0.131. The first kappa shape index (κ1) is 26.9. The predicted molar refractivity (Wildman–Crippen MR) is 134 cm³/mol. The van der Waals surface area contributed by atoms with E-state index in [2.05, 4.69) is 14.4 Å². The molecular formula is C22H23F3N4O6S3. The van der Waals surface area contributed by atoms with Crippen LogP contribution in [0.15, 0.2) is 49.8 Å². The van der Waals surface area contributed by atoms with Gasteiger partial charge in [0.15, 0.2) is 12.0 Å². The SMILES string of the molecule is CS(=O)(=O)NCc1csc2c1S(=O)(=O)N=C(C1=C(O)[C@@H]3CCC[C@@H]3N(CC3=CC=CC(F)(F)C3F)C1=O)N2. The molecule has 3 atom stereocenters. The summed E-state index contributed by atoms with van der Waals surface area (Å²) >= 11 is 0.939. The number of fused-ring (bicyclic) bond motifs is 2. The summed E-state index contributed by atoms with van der Waals surface area (Å²) in [5.74, 6) is -6.01. The van der Waals surface area contributed by atoms with Crippen molar-refractivity contribution in [3.05, 3.63) is 46.1 Å². The molecule has 3 heterocycles. The second-order valence-corrected chi connectivity index (χ2v) is 13.7. The van der Waals surface area contributed by atoms with Crippen LogP contribution in [0.5, 0.6) is 0 Å². The van der Waals surface area contributed by atoms with Crippen molar-refractivity contribution in [1.82, 2.24) is 9.62 Å². The lowest BCUT2D eigenvalue weighted by atomic mass is 9.89. The van der Waals surface area contributed by atoms with E-state index in [1.54, 1.807) is 0 Å². The van der Waals surface area contributed by atoms with E-state index < -0.39 is 68.0 Å². The molecule has 1 unspecified atom stereocenters. The summed E-state index contributed by atoms with van der Waals surface area (Å²) in [4.78, 5) is 14.6. The van der Waals surface area contributed by atoms with Gasteiger partial charge in [-0.15, -0.1) is 15.7 Å². The van der Waals surface area contributed by atoms with Gasteiger partial charge in [-0.05, 0) is 29.9 Å². The van der Waals surface area contributed by atoms with Crippen LogP contribution < -0.4 is 10.0 Å². The minimum absolute atomic E-state index is 0.0667. The molecule has 5 rings (SSSR count). The summed E-state index contributed by atoms with van der Waals surface area (Å²) in [6.45, 7) is -0.775. The fraction of sp³-hybridized carbons (Fsp3) is 0.455. The topological polar surface area (TPSA) is 145 Å². The van der Waals surface area contributed by atoms with E-state index in [4.69, 9.17) is 0 Å². The predicted octanol–water partition coefficient (Wildman–Crippen LogP) is 2.60. The number of alkyl halides is 3. The smallest absolute Gasteiger partial charge is 0.301 e. The van der Waals surface area contributed by atoms with Gasteiger partial charge < -0.3 is 15.3 Å². The Hall–Kier alpha value is -2.69. The number of nitrogens with zero attached hydrogens (tertiary/aromatic N) is 2. The Balaban J connectivity index is 1.50. The number of hydrogen-bond acceptors (Lipinski definition) is 8. The number of aliphatic hydroxyl groups is 1. The Labute approximate surface area is 220 Å². The summed E-state index contributed by atoms with van der Waals surface area (Å²) in [6, 6.07) is -0.578. The zero-order valence-electron chi connectivity index (χ0n) is 19.8. The van der Waals surface area contributed by atoms with Gasteiger partial charge in [0.1, 0.15) is 21.2 Å². The molecule has 38 heavy (non-hydrogen) atoms. The van der Waals surface area contributed by atoms with Gasteiger partial charge in [-0.1, -0.05) is 18.6 Å². The quantitative estimate of drug-likeness (QED) is 0.461. The Morgan fingerprint density at radius 1 is 1.34 bits per heavy atom. The largest absolute Gasteiger partial charge is 0.511 e. The van der Waals surface area contributed by atoms with Crippen molar-refractivity contribution >= 4 is 48.1 Å². The highest BCUT2D eigenvalue weighted by atomic mass is 32.2. The van der Waals surface area contributed by atoms with Gasteiger partial charge in [-0.3, -0.25) is 4.79 Å². The number of rotatable bonds is 6. The van der Waals surface area contributed by atoms with Crippen molar-refractivity contribution in [1.29, 1.82) is 0 Å². The van der Waals surface area contributed by atoms with Crippen LogP contribution in [-0.4, -0.2) is 69.5 Å². The van der Waals surface area contributed by atoms with Crippen molar-refractivity contribution in [2.75, 3.05) is 18.1 Å². The molecule has 16 heteroatoms. The molecule has 4 aliphatic rings. The number of anilines is 1. The molecule has 1 aromatic rings. The molecule has 0 bridgehead atoms. The summed E-state index contributed by atoms with van der Waals surface area (Å²) < 4.78 is 97.5. The summed E-state index contributed by atoms with van der Waals surface area (Å²) in [7, 11) is -8.04. The number of nitrogens with one attached hydrogen (secondary N) is 2. The van der Waals surface area contributed by atoms with Crippen LogP contribution >= 0.6 is 11.3 Å². The monoisotopic (exact) mass is 592 g/mol. The number of carbonyl (C=O) groups is 1. The number of halogens is 3. The second kappa shape index (κ2) is 9.20. The molecule has 0 aromatic carbocycles. The van der Waals surface area contributed by atoms with Crippen LogP contribution in [0.4, 0.5) is 18.2 Å². The fourth-order valence-corrected chi connectivity index (χ4v) is 8.19. The van der Waals surface area contributed by atoms with Crippen LogP contribution in [-0.2, 0) is 31.4 Å². The number of thiophene rings is 1. The average molecular weight is 593 g/mol. The van der Waals surface area contributed by atoms with Crippen molar-refractivity contribution in [3.8, 4) is 0 Å². The number of allylic oxidation sites excluding steroid dienone is 3. The minimum Gasteiger partial charge on any atom is -0.511 e. The molecule has 1 aromatic heterocycles. The first-order chi connectivity index (χ1) is 17.7. The maximum atomic E-state index is 14.6. The van der Waals surface area contributed by atoms with Gasteiger partial charge >= 0.3 is 5.92 Å². The van der Waals surface area contributed by atoms with E-state index >= 15 is 0 Å². The molecule has 1 fully saturated rings. The van der Waals surface area contributed by atoms with E-state index in [1.165, 1.54) is 16.4 Å². The molecule has 2 aliphatic heterocycles. The number of amidine groups is 1. The van der Waals surface area contributed by atoms with Gasteiger partial charge in [0.05, 0.1) is 6.26 Å². The molecule has 3 N–H and O–H groups in total.